The van der Waals surface area contributed by atoms with Gasteiger partial charge in [-0.3, -0.25) is 4.79 Å². The third kappa shape index (κ3) is 2.17. The van der Waals surface area contributed by atoms with Gasteiger partial charge >= 0.3 is 0 Å². The number of nitrogens with two attached hydrogens (primary N) is 1. The Hall–Kier alpha value is -1.06. The number of nitrogens with zero attached hydrogens (tertiary/aromatic N) is 3. The lowest BCUT2D eigenvalue weighted by atomic mass is 10.4. The van der Waals surface area contributed by atoms with Crippen molar-refractivity contribution >= 4 is 5.91 Å². The van der Waals surface area contributed by atoms with Gasteiger partial charge in [-0.05, 0) is 17.6 Å². The number of azide groups is 1. The molecule has 0 radical (unpaired) electrons. The van der Waals surface area contributed by atoms with Crippen LogP contribution in [0.1, 0.15) is 6.92 Å². The van der Waals surface area contributed by atoms with Crippen LogP contribution in [0.4, 0.5) is 0 Å². The third-order valence-corrected chi connectivity index (χ3v) is 0.533. The lowest BCUT2D eigenvalue weighted by Gasteiger charge is -1.91. The third-order valence-electron chi connectivity index (χ3n) is 0.533. The van der Waals surface area contributed by atoms with Crippen LogP contribution in [-0.4, -0.2) is 11.9 Å². The Balaban J connectivity index is 3.84. The summed E-state index contributed by atoms with van der Waals surface area (Å²) in [6, 6.07) is -0.689. The molecule has 1 atom stereocenters. The molecule has 5 heteroatoms. The maximum atomic E-state index is 10.2. The molecule has 1 amide bonds. The molecule has 0 saturated carbocycles. The highest BCUT2D eigenvalue weighted by Crippen LogP contribution is 1.80. The molecule has 0 aromatic carbocycles. The Morgan fingerprint density at radius 2 is 2.50 bits per heavy atom. The van der Waals surface area contributed by atoms with Crippen LogP contribution < -0.4 is 5.73 Å². The highest BCUT2D eigenvalue weighted by molar-refractivity contribution is 5.81. The van der Waals surface area contributed by atoms with Crippen molar-refractivity contribution in [1.82, 2.24) is 0 Å². The van der Waals surface area contributed by atoms with Gasteiger partial charge in [-0.15, -0.1) is 0 Å². The average molecular weight is 114 g/mol. The molecule has 8 heavy (non-hydrogen) atoms. The standard InChI is InChI=1S/C3H6N4O/c1-2(4)3(8)6-7-5/h2H,4H2,1H3. The van der Waals surface area contributed by atoms with Crippen LogP contribution in [0.3, 0.4) is 0 Å². The van der Waals surface area contributed by atoms with E-state index in [9.17, 15) is 4.79 Å². The Bertz CT molecular complexity index is 134. The predicted octanol–water partition coefficient (Wildman–Crippen LogP) is 0.170. The van der Waals surface area contributed by atoms with Crippen LogP contribution in [0, 0.1) is 0 Å². The fraction of sp³-hybridized carbons (Fsp3) is 0.667. The molecule has 0 heterocycles. The summed E-state index contributed by atoms with van der Waals surface area (Å²) in [5.41, 5.74) is 12.7. The molecule has 0 aromatic rings. The lowest BCUT2D eigenvalue weighted by molar-refractivity contribution is -0.118. The lowest BCUT2D eigenvalue weighted by Crippen LogP contribution is -2.24. The van der Waals surface area contributed by atoms with E-state index in [0.29, 0.717) is 0 Å². The van der Waals surface area contributed by atoms with E-state index in [0.717, 1.165) is 0 Å². The van der Waals surface area contributed by atoms with E-state index in [1.807, 2.05) is 0 Å². The monoisotopic (exact) mass is 114 g/mol. The van der Waals surface area contributed by atoms with Crippen molar-refractivity contribution in [3.05, 3.63) is 10.4 Å². The molecule has 1 unspecified atom stereocenters. The first-order valence-electron chi connectivity index (χ1n) is 2.03. The first-order chi connectivity index (χ1) is 3.68. The first-order valence-corrected chi connectivity index (χ1v) is 2.03. The van der Waals surface area contributed by atoms with Crippen molar-refractivity contribution in [2.75, 3.05) is 0 Å². The first kappa shape index (κ1) is 6.94. The van der Waals surface area contributed by atoms with E-state index in [1.54, 1.807) is 0 Å². The van der Waals surface area contributed by atoms with Crippen molar-refractivity contribution in [1.29, 1.82) is 0 Å². The van der Waals surface area contributed by atoms with Crippen molar-refractivity contribution in [3.63, 3.8) is 0 Å². The fourth-order valence-corrected chi connectivity index (χ4v) is 0.135. The molecule has 0 spiro atoms. The van der Waals surface area contributed by atoms with Gasteiger partial charge in [-0.1, -0.05) is 0 Å². The van der Waals surface area contributed by atoms with Gasteiger partial charge in [-0.25, -0.2) is 0 Å². The van der Waals surface area contributed by atoms with Crippen LogP contribution in [0.5, 0.6) is 0 Å². The largest absolute Gasteiger partial charge is 0.322 e. The molecular weight excluding hydrogens is 108 g/mol. The highest BCUT2D eigenvalue weighted by Gasteiger charge is 2.01. The molecule has 0 bridgehead atoms. The van der Waals surface area contributed by atoms with Gasteiger partial charge in [0.2, 0.25) is 5.91 Å². The summed E-state index contributed by atoms with van der Waals surface area (Å²) in [7, 11) is 0. The number of carbonyl (C=O) groups excluding carboxylic acids is 1. The predicted molar refractivity (Wildman–Crippen MR) is 27.8 cm³/mol. The minimum absolute atomic E-state index is 0.632. The van der Waals surface area contributed by atoms with E-state index in [-0.39, 0.29) is 0 Å². The molecule has 0 aliphatic heterocycles. The van der Waals surface area contributed by atoms with Gasteiger partial charge in [0, 0.05) is 4.91 Å². The van der Waals surface area contributed by atoms with Crippen molar-refractivity contribution in [2.24, 2.45) is 10.8 Å². The van der Waals surface area contributed by atoms with E-state index in [4.69, 9.17) is 11.3 Å². The Morgan fingerprint density at radius 3 is 2.62 bits per heavy atom. The van der Waals surface area contributed by atoms with Gasteiger partial charge < -0.3 is 5.73 Å². The van der Waals surface area contributed by atoms with Crippen LogP contribution in [0.15, 0.2) is 5.11 Å². The number of amides is 1. The summed E-state index contributed by atoms with van der Waals surface area (Å²) in [4.78, 5) is 12.4. The number of carbonyl (C=O) groups is 1. The SMILES string of the molecule is CC(N)C(=O)N=[N+]=[N-]. The molecule has 0 aromatic heterocycles. The van der Waals surface area contributed by atoms with E-state index in [1.165, 1.54) is 6.92 Å². The van der Waals surface area contributed by atoms with Gasteiger partial charge in [0.15, 0.2) is 0 Å². The highest BCUT2D eigenvalue weighted by atomic mass is 16.2. The molecule has 0 fully saturated rings. The maximum Gasteiger partial charge on any atom is 0.235 e. The fourth-order valence-electron chi connectivity index (χ4n) is 0.135. The smallest absolute Gasteiger partial charge is 0.235 e. The van der Waals surface area contributed by atoms with Crippen LogP contribution in [-0.2, 0) is 4.79 Å². The Morgan fingerprint density at radius 1 is 2.00 bits per heavy atom. The van der Waals surface area contributed by atoms with Crippen LogP contribution >= 0.6 is 0 Å². The van der Waals surface area contributed by atoms with Gasteiger partial charge in [0.25, 0.3) is 0 Å². The van der Waals surface area contributed by atoms with Crippen LogP contribution in [0.2, 0.25) is 0 Å². The normalized spacial score (nSPS) is 11.8. The topological polar surface area (TPSA) is 91.9 Å². The summed E-state index contributed by atoms with van der Waals surface area (Å²) in [5, 5.41) is 2.74. The van der Waals surface area contributed by atoms with Gasteiger partial charge in [-0.2, -0.15) is 0 Å². The summed E-state index contributed by atoms with van der Waals surface area (Å²) in [6.45, 7) is 1.46. The zero-order chi connectivity index (χ0) is 6.57. The Labute approximate surface area is 46.1 Å². The summed E-state index contributed by atoms with van der Waals surface area (Å²) < 4.78 is 0. The quantitative estimate of drug-likeness (QED) is 0.299. The number of rotatable bonds is 1. The van der Waals surface area contributed by atoms with Gasteiger partial charge in [0.05, 0.1) is 6.04 Å². The zero-order valence-corrected chi connectivity index (χ0v) is 4.40. The molecule has 0 rings (SSSR count). The second-order valence-electron chi connectivity index (χ2n) is 1.32. The maximum absolute atomic E-state index is 10.2. The number of hydrogen-bond acceptors (Lipinski definition) is 2. The van der Waals surface area contributed by atoms with E-state index < -0.39 is 11.9 Å². The second-order valence-corrected chi connectivity index (χ2v) is 1.32. The average Bonchev–Trinajstić information content (AvgIpc) is 1.67. The van der Waals surface area contributed by atoms with Crippen molar-refractivity contribution in [3.8, 4) is 0 Å². The molecular formula is C3H6N4O. The number of hydrogen-bond donors (Lipinski definition) is 1. The minimum atomic E-state index is -0.689. The van der Waals surface area contributed by atoms with Crippen LogP contribution in [0.25, 0.3) is 10.4 Å². The zero-order valence-electron chi connectivity index (χ0n) is 4.40. The molecule has 5 nitrogen and oxygen atoms in total. The second kappa shape index (κ2) is 3.01. The summed E-state index contributed by atoms with van der Waals surface area (Å²) in [5.74, 6) is -0.632. The summed E-state index contributed by atoms with van der Waals surface area (Å²) in [6.07, 6.45) is 0. The molecule has 0 aliphatic rings. The minimum Gasteiger partial charge on any atom is -0.322 e. The van der Waals surface area contributed by atoms with E-state index in [2.05, 4.69) is 10.0 Å². The van der Waals surface area contributed by atoms with Gasteiger partial charge in [0.1, 0.15) is 0 Å². The summed E-state index contributed by atoms with van der Waals surface area (Å²) >= 11 is 0. The molecule has 2 N–H and O–H groups in total. The molecule has 44 valence electrons. The molecule has 0 aliphatic carbocycles. The molecule has 0 saturated heterocycles. The van der Waals surface area contributed by atoms with Crippen molar-refractivity contribution in [2.45, 2.75) is 13.0 Å². The van der Waals surface area contributed by atoms with Crippen molar-refractivity contribution < 1.29 is 4.79 Å². The Kier molecular flexibility index (Phi) is 2.61. The van der Waals surface area contributed by atoms with E-state index >= 15 is 0 Å².